The molecule has 1 unspecified atom stereocenters. The molecule has 27 heavy (non-hydrogen) atoms. The first kappa shape index (κ1) is 18.2. The van der Waals surface area contributed by atoms with Gasteiger partial charge in [-0.05, 0) is 68.0 Å². The highest BCUT2D eigenvalue weighted by atomic mass is 16.1. The van der Waals surface area contributed by atoms with Crippen LogP contribution in [0.15, 0.2) is 41.3 Å². The van der Waals surface area contributed by atoms with Crippen LogP contribution in [0.2, 0.25) is 0 Å². The third-order valence-electron chi connectivity index (χ3n) is 6.34. The highest BCUT2D eigenvalue weighted by Crippen LogP contribution is 2.51. The number of rotatable bonds is 7. The van der Waals surface area contributed by atoms with Crippen molar-refractivity contribution in [3.8, 4) is 5.69 Å². The monoisotopic (exact) mass is 367 g/mol. The van der Waals surface area contributed by atoms with E-state index in [-0.39, 0.29) is 11.5 Å². The van der Waals surface area contributed by atoms with Crippen molar-refractivity contribution in [1.29, 1.82) is 0 Å². The molecule has 2 aliphatic rings. The first-order valence-corrected chi connectivity index (χ1v) is 9.93. The molecule has 1 aromatic heterocycles. The lowest BCUT2D eigenvalue weighted by molar-refractivity contribution is 0.200. The quantitative estimate of drug-likeness (QED) is 0.776. The van der Waals surface area contributed by atoms with E-state index >= 15 is 0 Å². The van der Waals surface area contributed by atoms with Crippen molar-refractivity contribution < 1.29 is 0 Å². The fourth-order valence-corrected chi connectivity index (χ4v) is 4.73. The smallest absolute Gasteiger partial charge is 0.354 e. The topological polar surface area (TPSA) is 76.2 Å². The summed E-state index contributed by atoms with van der Waals surface area (Å²) >= 11 is 0. The largest absolute Gasteiger partial charge is 0.383 e. The van der Waals surface area contributed by atoms with Gasteiger partial charge in [0.05, 0.1) is 5.69 Å². The number of anilines is 1. The van der Waals surface area contributed by atoms with E-state index in [2.05, 4.69) is 41.3 Å². The van der Waals surface area contributed by atoms with E-state index in [1.54, 1.807) is 12.3 Å². The number of likely N-dealkylation sites (tertiary alicyclic amines) is 1. The van der Waals surface area contributed by atoms with E-state index in [9.17, 15) is 4.79 Å². The minimum atomic E-state index is -0.346. The van der Waals surface area contributed by atoms with Gasteiger partial charge in [0.1, 0.15) is 5.82 Å². The summed E-state index contributed by atoms with van der Waals surface area (Å²) in [6.07, 6.45) is 3.90. The Morgan fingerprint density at radius 2 is 1.93 bits per heavy atom. The maximum Gasteiger partial charge on any atom is 0.354 e. The number of fused-ring (bicyclic) bond motifs is 1. The van der Waals surface area contributed by atoms with Crippen LogP contribution >= 0.6 is 0 Å². The normalized spacial score (nSPS) is 25.3. The van der Waals surface area contributed by atoms with Crippen molar-refractivity contribution >= 4 is 5.82 Å². The Hall–Kier alpha value is -2.18. The Balaban J connectivity index is 1.40. The molecule has 2 fully saturated rings. The summed E-state index contributed by atoms with van der Waals surface area (Å²) in [6.45, 7) is 5.95. The van der Waals surface area contributed by atoms with E-state index < -0.39 is 0 Å². The van der Waals surface area contributed by atoms with Crippen LogP contribution in [0, 0.1) is 17.8 Å². The maximum absolute atomic E-state index is 12.0. The fraction of sp³-hybridized carbons (Fsp3) is 0.524. The van der Waals surface area contributed by atoms with Gasteiger partial charge in [-0.1, -0.05) is 19.1 Å². The summed E-state index contributed by atoms with van der Waals surface area (Å²) in [6, 6.07) is 10.5. The summed E-state index contributed by atoms with van der Waals surface area (Å²) in [5.74, 6) is 2.95. The van der Waals surface area contributed by atoms with Gasteiger partial charge in [0.25, 0.3) is 0 Å². The van der Waals surface area contributed by atoms with Gasteiger partial charge < -0.3 is 11.1 Å². The Kier molecular flexibility index (Phi) is 5.02. The van der Waals surface area contributed by atoms with Gasteiger partial charge in [0, 0.05) is 25.3 Å². The number of aromatic nitrogens is 2. The van der Waals surface area contributed by atoms with Crippen LogP contribution in [0.1, 0.15) is 18.9 Å². The second-order valence-electron chi connectivity index (χ2n) is 7.94. The maximum atomic E-state index is 12.0. The average molecular weight is 367 g/mol. The van der Waals surface area contributed by atoms with Crippen LogP contribution < -0.4 is 16.7 Å². The van der Waals surface area contributed by atoms with Gasteiger partial charge >= 0.3 is 5.69 Å². The number of hydrogen-bond acceptors (Lipinski definition) is 5. The molecule has 1 aliphatic heterocycles. The number of nitrogens with zero attached hydrogens (tertiary/aromatic N) is 3. The molecule has 1 aromatic carbocycles. The lowest BCUT2D eigenvalue weighted by Crippen LogP contribution is -2.37. The van der Waals surface area contributed by atoms with Gasteiger partial charge in [0.2, 0.25) is 0 Å². The zero-order valence-electron chi connectivity index (χ0n) is 16.1. The summed E-state index contributed by atoms with van der Waals surface area (Å²) in [4.78, 5) is 18.5. The highest BCUT2D eigenvalue weighted by molar-refractivity contribution is 5.36. The van der Waals surface area contributed by atoms with E-state index in [0.717, 1.165) is 29.9 Å². The zero-order valence-corrected chi connectivity index (χ0v) is 16.1. The molecule has 2 aromatic rings. The molecule has 2 heterocycles. The van der Waals surface area contributed by atoms with Crippen molar-refractivity contribution in [1.82, 2.24) is 19.8 Å². The van der Waals surface area contributed by atoms with E-state index in [4.69, 9.17) is 5.73 Å². The minimum Gasteiger partial charge on any atom is -0.383 e. The lowest BCUT2D eigenvalue weighted by Gasteiger charge is -2.29. The molecule has 144 valence electrons. The third-order valence-corrected chi connectivity index (χ3v) is 6.34. The number of nitrogens with two attached hydrogens (primary N) is 1. The van der Waals surface area contributed by atoms with Gasteiger partial charge in [-0.3, -0.25) is 9.47 Å². The van der Waals surface area contributed by atoms with Crippen molar-refractivity contribution in [2.45, 2.75) is 25.8 Å². The van der Waals surface area contributed by atoms with Crippen LogP contribution in [0.4, 0.5) is 5.82 Å². The summed E-state index contributed by atoms with van der Waals surface area (Å²) in [5, 5.41) is 3.33. The van der Waals surface area contributed by atoms with Crippen LogP contribution in [0.25, 0.3) is 5.69 Å². The van der Waals surface area contributed by atoms with Crippen LogP contribution in [-0.2, 0) is 6.42 Å². The Bertz CT molecular complexity index is 834. The van der Waals surface area contributed by atoms with Gasteiger partial charge in [-0.2, -0.15) is 4.98 Å². The molecule has 0 radical (unpaired) electrons. The summed E-state index contributed by atoms with van der Waals surface area (Å²) in [7, 11) is 2.05. The highest BCUT2D eigenvalue weighted by Gasteiger charge is 2.55. The average Bonchev–Trinajstić information content (AvgIpc) is 3.11. The predicted octanol–water partition coefficient (Wildman–Crippen LogP) is 1.53. The van der Waals surface area contributed by atoms with Crippen LogP contribution in [0.3, 0.4) is 0 Å². The van der Waals surface area contributed by atoms with Crippen molar-refractivity contribution in [2.24, 2.45) is 17.8 Å². The van der Waals surface area contributed by atoms with E-state index in [1.165, 1.54) is 36.2 Å². The predicted molar refractivity (Wildman–Crippen MR) is 108 cm³/mol. The molecule has 0 spiro atoms. The number of nitrogens with one attached hydrogen (secondary N) is 1. The molecule has 4 atom stereocenters. The number of benzene rings is 1. The van der Waals surface area contributed by atoms with Crippen LogP contribution in [0.5, 0.6) is 0 Å². The SMILES string of the molecule is CCC(Cc1ccc(-n2ccc(N)nc2=O)cc1)N1C[C@@H]2[C@@H](CNC)[C@@H]2C1. The molecule has 1 saturated carbocycles. The first-order chi connectivity index (χ1) is 13.1. The lowest BCUT2D eigenvalue weighted by atomic mass is 10.0. The number of piperidine rings is 1. The number of nitrogen functional groups attached to an aromatic ring is 1. The molecular formula is C21H29N5O. The minimum absolute atomic E-state index is 0.249. The second kappa shape index (κ2) is 7.44. The summed E-state index contributed by atoms with van der Waals surface area (Å²) < 4.78 is 1.52. The molecule has 0 amide bonds. The van der Waals surface area contributed by atoms with E-state index in [0.29, 0.717) is 6.04 Å². The fourth-order valence-electron chi connectivity index (χ4n) is 4.73. The molecule has 3 N–H and O–H groups in total. The molecule has 4 rings (SSSR count). The second-order valence-corrected chi connectivity index (χ2v) is 7.94. The number of hydrogen-bond donors (Lipinski definition) is 2. The summed E-state index contributed by atoms with van der Waals surface area (Å²) in [5.41, 5.74) is 7.35. The van der Waals surface area contributed by atoms with Crippen molar-refractivity contribution in [2.75, 3.05) is 32.4 Å². The molecule has 6 heteroatoms. The van der Waals surface area contributed by atoms with Crippen molar-refractivity contribution in [3.05, 3.63) is 52.6 Å². The Labute approximate surface area is 160 Å². The van der Waals surface area contributed by atoms with Gasteiger partial charge in [0.15, 0.2) is 0 Å². The molecule has 0 bridgehead atoms. The molecular weight excluding hydrogens is 338 g/mol. The van der Waals surface area contributed by atoms with Gasteiger partial charge in [-0.15, -0.1) is 0 Å². The molecule has 6 nitrogen and oxygen atoms in total. The standard InChI is InChI=1S/C21H29N5O/c1-3-15(25-12-18-17(11-23-2)19(18)13-25)10-14-4-6-16(7-5-14)26-9-8-20(22)24-21(26)27/h4-9,15,17-19,23H,3,10-13H2,1-2H3,(H2,22,24,27)/t15?,17-,18-,19+. The van der Waals surface area contributed by atoms with Crippen LogP contribution in [-0.4, -0.2) is 47.2 Å². The Morgan fingerprint density at radius 3 is 2.52 bits per heavy atom. The first-order valence-electron chi connectivity index (χ1n) is 9.93. The zero-order chi connectivity index (χ0) is 19.0. The Morgan fingerprint density at radius 1 is 1.22 bits per heavy atom. The molecule has 1 saturated heterocycles. The molecule has 1 aliphatic carbocycles. The third kappa shape index (κ3) is 3.64. The van der Waals surface area contributed by atoms with Gasteiger partial charge in [-0.25, -0.2) is 4.79 Å². The van der Waals surface area contributed by atoms with Crippen molar-refractivity contribution in [3.63, 3.8) is 0 Å². The van der Waals surface area contributed by atoms with E-state index in [1.807, 2.05) is 12.1 Å².